The van der Waals surface area contributed by atoms with Crippen LogP contribution >= 0.6 is 0 Å². The molecular formula is C17H17N3O2S. The van der Waals surface area contributed by atoms with Gasteiger partial charge in [0, 0.05) is 23.6 Å². The molecule has 0 radical (unpaired) electrons. The normalized spacial score (nSPS) is 15.0. The summed E-state index contributed by atoms with van der Waals surface area (Å²) in [5, 5.41) is -0.219. The number of hydrogen-bond acceptors (Lipinski definition) is 3. The molecule has 1 N–H and O–H groups in total. The molecule has 1 aliphatic rings. The minimum absolute atomic E-state index is 0.219. The summed E-state index contributed by atoms with van der Waals surface area (Å²) in [5.41, 5.74) is 4.48. The van der Waals surface area contributed by atoms with Crippen molar-refractivity contribution >= 4 is 21.4 Å². The lowest BCUT2D eigenvalue weighted by molar-refractivity contribution is 0.600. The maximum Gasteiger partial charge on any atom is 0.235 e. The van der Waals surface area contributed by atoms with Crippen LogP contribution in [0.2, 0.25) is 0 Å². The summed E-state index contributed by atoms with van der Waals surface area (Å²) < 4.78 is 28.5. The van der Waals surface area contributed by atoms with Crippen LogP contribution in [0.1, 0.15) is 18.4 Å². The highest BCUT2D eigenvalue weighted by Gasteiger charge is 2.35. The quantitative estimate of drug-likeness (QED) is 0.800. The number of rotatable bonds is 4. The molecule has 0 saturated heterocycles. The van der Waals surface area contributed by atoms with Gasteiger partial charge in [-0.3, -0.25) is 4.72 Å². The van der Waals surface area contributed by atoms with E-state index in [2.05, 4.69) is 9.71 Å². The second-order valence-corrected chi connectivity index (χ2v) is 7.93. The first-order valence-corrected chi connectivity index (χ1v) is 9.14. The monoisotopic (exact) mass is 327 g/mol. The van der Waals surface area contributed by atoms with E-state index in [0.717, 1.165) is 35.3 Å². The Bertz CT molecular complexity index is 971. The molecule has 3 aromatic rings. The molecule has 1 fully saturated rings. The van der Waals surface area contributed by atoms with Crippen molar-refractivity contribution in [3.05, 3.63) is 54.4 Å². The highest BCUT2D eigenvalue weighted by Crippen LogP contribution is 2.30. The van der Waals surface area contributed by atoms with Gasteiger partial charge in [0.15, 0.2) is 0 Å². The van der Waals surface area contributed by atoms with Gasteiger partial charge >= 0.3 is 0 Å². The van der Waals surface area contributed by atoms with E-state index in [1.54, 1.807) is 12.1 Å². The Hall–Kier alpha value is -2.34. The number of anilines is 1. The summed E-state index contributed by atoms with van der Waals surface area (Å²) in [6.45, 7) is 2.03. The summed E-state index contributed by atoms with van der Waals surface area (Å²) in [4.78, 5) is 4.65. The van der Waals surface area contributed by atoms with Crippen LogP contribution in [0.4, 0.5) is 5.69 Å². The molecule has 0 aliphatic heterocycles. The van der Waals surface area contributed by atoms with E-state index in [-0.39, 0.29) is 5.25 Å². The molecule has 0 bridgehead atoms. The van der Waals surface area contributed by atoms with Crippen molar-refractivity contribution in [1.29, 1.82) is 0 Å². The first kappa shape index (κ1) is 14.3. The molecule has 1 aromatic carbocycles. The molecule has 1 saturated carbocycles. The van der Waals surface area contributed by atoms with Gasteiger partial charge in [0.2, 0.25) is 10.0 Å². The molecule has 2 heterocycles. The van der Waals surface area contributed by atoms with Crippen molar-refractivity contribution in [3.8, 4) is 11.3 Å². The number of sulfonamides is 1. The Balaban J connectivity index is 1.63. The number of aromatic nitrogens is 2. The zero-order valence-corrected chi connectivity index (χ0v) is 13.5. The van der Waals surface area contributed by atoms with E-state index >= 15 is 0 Å². The van der Waals surface area contributed by atoms with Crippen LogP contribution < -0.4 is 4.72 Å². The molecule has 5 nitrogen and oxygen atoms in total. The van der Waals surface area contributed by atoms with Crippen LogP contribution in [0.25, 0.3) is 16.9 Å². The number of hydrogen-bond donors (Lipinski definition) is 1. The molecule has 0 spiro atoms. The maximum atomic E-state index is 11.9. The van der Waals surface area contributed by atoms with Gasteiger partial charge < -0.3 is 4.40 Å². The molecule has 23 heavy (non-hydrogen) atoms. The van der Waals surface area contributed by atoms with Gasteiger partial charge in [-0.25, -0.2) is 13.4 Å². The highest BCUT2D eigenvalue weighted by molar-refractivity contribution is 7.93. The summed E-state index contributed by atoms with van der Waals surface area (Å²) in [6, 6.07) is 11.4. The predicted octanol–water partition coefficient (Wildman–Crippen LogP) is 3.21. The fourth-order valence-electron chi connectivity index (χ4n) is 2.63. The van der Waals surface area contributed by atoms with Gasteiger partial charge in [-0.05, 0) is 43.5 Å². The smallest absolute Gasteiger partial charge is 0.235 e. The minimum Gasteiger partial charge on any atom is -0.306 e. The lowest BCUT2D eigenvalue weighted by Gasteiger charge is -2.07. The van der Waals surface area contributed by atoms with Gasteiger partial charge in [0.25, 0.3) is 0 Å². The first-order chi connectivity index (χ1) is 11.0. The highest BCUT2D eigenvalue weighted by atomic mass is 32.2. The van der Waals surface area contributed by atoms with Gasteiger partial charge in [0.1, 0.15) is 5.65 Å². The van der Waals surface area contributed by atoms with Gasteiger partial charge in [-0.1, -0.05) is 18.2 Å². The Morgan fingerprint density at radius 2 is 1.91 bits per heavy atom. The SMILES string of the molecule is Cc1cccn2cc(-c3ccc(NS(=O)(=O)C4CC4)cc3)nc12. The zero-order chi connectivity index (χ0) is 16.0. The Morgan fingerprint density at radius 1 is 1.17 bits per heavy atom. The van der Waals surface area contributed by atoms with E-state index in [0.29, 0.717) is 5.69 Å². The number of aryl methyl sites for hydroxylation is 1. The number of imidazole rings is 1. The largest absolute Gasteiger partial charge is 0.306 e. The number of fused-ring (bicyclic) bond motifs is 1. The zero-order valence-electron chi connectivity index (χ0n) is 12.7. The minimum atomic E-state index is -3.21. The first-order valence-electron chi connectivity index (χ1n) is 7.59. The molecule has 0 atom stereocenters. The van der Waals surface area contributed by atoms with Crippen LogP contribution in [0.3, 0.4) is 0 Å². The van der Waals surface area contributed by atoms with Crippen LogP contribution in [0.5, 0.6) is 0 Å². The van der Waals surface area contributed by atoms with E-state index in [9.17, 15) is 8.42 Å². The standard InChI is InChI=1S/C17H17N3O2S/c1-12-3-2-10-20-11-16(18-17(12)20)13-4-6-14(7-5-13)19-23(21,22)15-8-9-15/h2-7,10-11,15,19H,8-9H2,1H3. The van der Waals surface area contributed by atoms with E-state index in [4.69, 9.17) is 0 Å². The number of benzene rings is 1. The molecule has 1 aliphatic carbocycles. The second kappa shape index (κ2) is 5.09. The fraction of sp³-hybridized carbons (Fsp3) is 0.235. The Labute approximate surface area is 135 Å². The van der Waals surface area contributed by atoms with Crippen molar-refractivity contribution in [1.82, 2.24) is 9.38 Å². The molecule has 0 amide bonds. The van der Waals surface area contributed by atoms with Gasteiger partial charge in [-0.15, -0.1) is 0 Å². The number of nitrogens with zero attached hydrogens (tertiary/aromatic N) is 2. The molecule has 4 rings (SSSR count). The van der Waals surface area contributed by atoms with Crippen molar-refractivity contribution in [2.24, 2.45) is 0 Å². The lowest BCUT2D eigenvalue weighted by Crippen LogP contribution is -2.17. The molecular weight excluding hydrogens is 310 g/mol. The van der Waals surface area contributed by atoms with Crippen LogP contribution in [0.15, 0.2) is 48.8 Å². The predicted molar refractivity (Wildman–Crippen MR) is 90.9 cm³/mol. The number of pyridine rings is 1. The van der Waals surface area contributed by atoms with Gasteiger partial charge in [0.05, 0.1) is 10.9 Å². The van der Waals surface area contributed by atoms with Crippen molar-refractivity contribution < 1.29 is 8.42 Å². The van der Waals surface area contributed by atoms with E-state index in [1.165, 1.54) is 0 Å². The molecule has 118 valence electrons. The average molecular weight is 327 g/mol. The fourth-order valence-corrected chi connectivity index (χ4v) is 4.02. The second-order valence-electron chi connectivity index (χ2n) is 5.97. The third-order valence-corrected chi connectivity index (χ3v) is 5.95. The van der Waals surface area contributed by atoms with Crippen molar-refractivity contribution in [3.63, 3.8) is 0 Å². The van der Waals surface area contributed by atoms with Crippen LogP contribution in [-0.4, -0.2) is 23.1 Å². The van der Waals surface area contributed by atoms with Crippen molar-refractivity contribution in [2.45, 2.75) is 25.0 Å². The summed E-state index contributed by atoms with van der Waals surface area (Å²) in [6.07, 6.45) is 5.46. The van der Waals surface area contributed by atoms with Crippen molar-refractivity contribution in [2.75, 3.05) is 4.72 Å². The van der Waals surface area contributed by atoms with Crippen LogP contribution in [-0.2, 0) is 10.0 Å². The lowest BCUT2D eigenvalue weighted by atomic mass is 10.1. The van der Waals surface area contributed by atoms with Gasteiger partial charge in [-0.2, -0.15) is 0 Å². The van der Waals surface area contributed by atoms with E-state index in [1.807, 2.05) is 48.0 Å². The maximum absolute atomic E-state index is 11.9. The molecule has 6 heteroatoms. The topological polar surface area (TPSA) is 63.5 Å². The Kier molecular flexibility index (Phi) is 3.16. The Morgan fingerprint density at radius 3 is 2.57 bits per heavy atom. The van der Waals surface area contributed by atoms with E-state index < -0.39 is 10.0 Å². The average Bonchev–Trinajstić information content (AvgIpc) is 3.29. The summed E-state index contributed by atoms with van der Waals surface area (Å²) in [7, 11) is -3.21. The van der Waals surface area contributed by atoms with Crippen LogP contribution in [0, 0.1) is 6.92 Å². The molecule has 2 aromatic heterocycles. The molecule has 0 unspecified atom stereocenters. The summed E-state index contributed by atoms with van der Waals surface area (Å²) in [5.74, 6) is 0. The third kappa shape index (κ3) is 2.70. The third-order valence-electron chi connectivity index (χ3n) is 4.08. The summed E-state index contributed by atoms with van der Waals surface area (Å²) >= 11 is 0. The number of nitrogens with one attached hydrogen (secondary N) is 1.